The van der Waals surface area contributed by atoms with E-state index in [1.165, 1.54) is 29.4 Å². The van der Waals surface area contributed by atoms with Gasteiger partial charge >= 0.3 is 0 Å². The van der Waals surface area contributed by atoms with Gasteiger partial charge in [-0.05, 0) is 68.0 Å². The van der Waals surface area contributed by atoms with Gasteiger partial charge in [-0.25, -0.2) is 18.7 Å². The maximum absolute atomic E-state index is 14.7. The van der Waals surface area contributed by atoms with Crippen molar-refractivity contribution in [2.75, 3.05) is 31.2 Å². The van der Waals surface area contributed by atoms with Crippen LogP contribution in [0.2, 0.25) is 0 Å². The predicted octanol–water partition coefficient (Wildman–Crippen LogP) is 4.86. The van der Waals surface area contributed by atoms with Crippen molar-refractivity contribution >= 4 is 23.3 Å². The summed E-state index contributed by atoms with van der Waals surface area (Å²) in [5.41, 5.74) is 8.29. The van der Waals surface area contributed by atoms with Crippen LogP contribution in [0.4, 0.5) is 20.3 Å². The van der Waals surface area contributed by atoms with Gasteiger partial charge in [0.05, 0.1) is 12.1 Å². The molecule has 0 unspecified atom stereocenters. The average molecular weight is 522 g/mol. The number of ether oxygens (including phenoxy) is 1. The Kier molecular flexibility index (Phi) is 7.70. The van der Waals surface area contributed by atoms with E-state index in [1.807, 2.05) is 0 Å². The summed E-state index contributed by atoms with van der Waals surface area (Å²) in [6.45, 7) is 7.21. The molecule has 3 aromatic rings. The number of nitrogens with one attached hydrogen (secondary N) is 1. The van der Waals surface area contributed by atoms with E-state index in [1.54, 1.807) is 27.0 Å². The molecule has 1 aliphatic rings. The van der Waals surface area contributed by atoms with Gasteiger partial charge in [0.15, 0.2) is 11.6 Å². The van der Waals surface area contributed by atoms with Crippen molar-refractivity contribution in [2.45, 2.75) is 32.6 Å². The van der Waals surface area contributed by atoms with Gasteiger partial charge in [0, 0.05) is 23.9 Å². The molecule has 0 atom stereocenters. The molecule has 2 aromatic carbocycles. The summed E-state index contributed by atoms with van der Waals surface area (Å²) < 4.78 is 35.2. The van der Waals surface area contributed by atoms with Crippen LogP contribution >= 0.6 is 0 Å². The molecule has 1 saturated carbocycles. The van der Waals surface area contributed by atoms with Crippen LogP contribution in [-0.2, 0) is 4.79 Å². The van der Waals surface area contributed by atoms with Crippen molar-refractivity contribution in [2.24, 2.45) is 0 Å². The monoisotopic (exact) mass is 521 g/mol. The fraction of sp³-hybridized carbons (Fsp3) is 0.286. The highest BCUT2D eigenvalue weighted by molar-refractivity contribution is 6.05. The first kappa shape index (κ1) is 26.7. The molecular formula is C28H29F2N5O3. The fourth-order valence-corrected chi connectivity index (χ4v) is 4.06. The zero-order valence-corrected chi connectivity index (χ0v) is 21.5. The smallest absolute Gasteiger partial charge is 0.258 e. The SMILES string of the molecule is C=C(C)C(=O)N(C)CCOc1c(N)ncnc1-c1cc(F)cc(NC(=O)c2ccc(C3CC3)cc2F)c1C. The Morgan fingerprint density at radius 3 is 2.61 bits per heavy atom. The van der Waals surface area contributed by atoms with Gasteiger partial charge in [-0.1, -0.05) is 12.6 Å². The summed E-state index contributed by atoms with van der Waals surface area (Å²) in [5.74, 6) is -1.74. The molecule has 2 amide bonds. The first-order valence-electron chi connectivity index (χ1n) is 12.1. The number of hydrogen-bond donors (Lipinski definition) is 2. The van der Waals surface area contributed by atoms with E-state index in [4.69, 9.17) is 10.5 Å². The van der Waals surface area contributed by atoms with Gasteiger partial charge in [-0.3, -0.25) is 9.59 Å². The molecule has 38 heavy (non-hydrogen) atoms. The summed E-state index contributed by atoms with van der Waals surface area (Å²) in [6.07, 6.45) is 3.24. The maximum Gasteiger partial charge on any atom is 0.258 e. The van der Waals surface area contributed by atoms with Crippen molar-refractivity contribution in [3.05, 3.63) is 77.1 Å². The van der Waals surface area contributed by atoms with Crippen molar-refractivity contribution in [1.29, 1.82) is 0 Å². The molecule has 1 fully saturated rings. The number of rotatable bonds is 9. The third kappa shape index (κ3) is 5.80. The number of anilines is 2. The van der Waals surface area contributed by atoms with E-state index in [2.05, 4.69) is 21.9 Å². The number of aromatic nitrogens is 2. The van der Waals surface area contributed by atoms with E-state index < -0.39 is 17.5 Å². The molecule has 0 saturated heterocycles. The van der Waals surface area contributed by atoms with E-state index in [0.717, 1.165) is 24.5 Å². The van der Waals surface area contributed by atoms with Crippen LogP contribution in [0.3, 0.4) is 0 Å². The van der Waals surface area contributed by atoms with Crippen LogP contribution in [0.1, 0.15) is 47.2 Å². The number of benzene rings is 2. The highest BCUT2D eigenvalue weighted by Crippen LogP contribution is 2.40. The van der Waals surface area contributed by atoms with Crippen molar-refractivity contribution in [3.8, 4) is 17.0 Å². The van der Waals surface area contributed by atoms with Gasteiger partial charge in [-0.2, -0.15) is 0 Å². The minimum Gasteiger partial charge on any atom is -0.486 e. The molecule has 8 nitrogen and oxygen atoms in total. The quantitative estimate of drug-likeness (QED) is 0.390. The second kappa shape index (κ2) is 11.0. The average Bonchev–Trinajstić information content (AvgIpc) is 3.72. The summed E-state index contributed by atoms with van der Waals surface area (Å²) in [4.78, 5) is 34.6. The summed E-state index contributed by atoms with van der Waals surface area (Å²) in [5, 5.41) is 2.61. The molecule has 0 bridgehead atoms. The lowest BCUT2D eigenvalue weighted by Gasteiger charge is -2.19. The Hall–Kier alpha value is -4.34. The molecule has 0 aliphatic heterocycles. The second-order valence-corrected chi connectivity index (χ2v) is 9.39. The summed E-state index contributed by atoms with van der Waals surface area (Å²) in [7, 11) is 1.61. The third-order valence-corrected chi connectivity index (χ3v) is 6.38. The number of nitrogens with two attached hydrogens (primary N) is 1. The van der Waals surface area contributed by atoms with Crippen molar-refractivity contribution in [3.63, 3.8) is 0 Å². The molecule has 1 heterocycles. The van der Waals surface area contributed by atoms with Gasteiger partial charge in [-0.15, -0.1) is 0 Å². The summed E-state index contributed by atoms with van der Waals surface area (Å²) in [6, 6.07) is 6.96. The number of amides is 2. The van der Waals surface area contributed by atoms with Gasteiger partial charge < -0.3 is 20.7 Å². The largest absolute Gasteiger partial charge is 0.486 e. The molecule has 198 valence electrons. The normalized spacial score (nSPS) is 12.7. The van der Waals surface area contributed by atoms with E-state index in [0.29, 0.717) is 22.6 Å². The van der Waals surface area contributed by atoms with Crippen molar-refractivity contribution in [1.82, 2.24) is 14.9 Å². The minimum absolute atomic E-state index is 0.0240. The molecular weight excluding hydrogens is 492 g/mol. The Labute approximate surface area is 219 Å². The third-order valence-electron chi connectivity index (χ3n) is 6.38. The molecule has 1 aliphatic carbocycles. The van der Waals surface area contributed by atoms with Crippen LogP contribution in [0.15, 0.2) is 48.8 Å². The van der Waals surface area contributed by atoms with Gasteiger partial charge in [0.25, 0.3) is 5.91 Å². The number of halogens is 2. The first-order chi connectivity index (χ1) is 18.1. The number of nitrogen functional groups attached to an aromatic ring is 1. The van der Waals surface area contributed by atoms with E-state index in [9.17, 15) is 18.4 Å². The van der Waals surface area contributed by atoms with Crippen LogP contribution < -0.4 is 15.8 Å². The zero-order chi connectivity index (χ0) is 27.6. The van der Waals surface area contributed by atoms with E-state index in [-0.39, 0.29) is 47.6 Å². The number of carbonyl (C=O) groups is 2. The Morgan fingerprint density at radius 2 is 1.95 bits per heavy atom. The molecule has 1 aromatic heterocycles. The van der Waals surface area contributed by atoms with Gasteiger partial charge in [0.1, 0.15) is 30.3 Å². The Morgan fingerprint density at radius 1 is 1.21 bits per heavy atom. The minimum atomic E-state index is -0.701. The lowest BCUT2D eigenvalue weighted by Crippen LogP contribution is -2.31. The lowest BCUT2D eigenvalue weighted by atomic mass is 10.0. The molecule has 3 N–H and O–H groups in total. The number of carbonyl (C=O) groups excluding carboxylic acids is 2. The van der Waals surface area contributed by atoms with Crippen LogP contribution in [0.25, 0.3) is 11.3 Å². The van der Waals surface area contributed by atoms with Crippen LogP contribution in [-0.4, -0.2) is 46.9 Å². The standard InChI is InChI=1S/C28H29F2N5O3/c1-15(2)28(37)35(4)9-10-38-25-24(32-14-33-26(25)31)21-12-19(29)13-23(16(21)3)34-27(36)20-8-7-18(11-22(20)30)17-5-6-17/h7-8,11-14,17H,1,5-6,9-10H2,2-4H3,(H,34,36)(H2,31,32,33). The van der Waals surface area contributed by atoms with Crippen molar-refractivity contribution < 1.29 is 23.1 Å². The summed E-state index contributed by atoms with van der Waals surface area (Å²) >= 11 is 0. The lowest BCUT2D eigenvalue weighted by molar-refractivity contribution is -0.126. The molecule has 10 heteroatoms. The number of likely N-dealkylation sites (N-methyl/N-ethyl adjacent to an activating group) is 1. The van der Waals surface area contributed by atoms with Crippen LogP contribution in [0, 0.1) is 18.6 Å². The highest BCUT2D eigenvalue weighted by atomic mass is 19.1. The second-order valence-electron chi connectivity index (χ2n) is 9.39. The topological polar surface area (TPSA) is 110 Å². The Balaban J connectivity index is 1.59. The fourth-order valence-electron chi connectivity index (χ4n) is 4.06. The molecule has 0 spiro atoms. The Bertz CT molecular complexity index is 1420. The first-order valence-corrected chi connectivity index (χ1v) is 12.1. The van der Waals surface area contributed by atoms with Crippen LogP contribution in [0.5, 0.6) is 5.75 Å². The predicted molar refractivity (Wildman–Crippen MR) is 141 cm³/mol. The zero-order valence-electron chi connectivity index (χ0n) is 21.5. The van der Waals surface area contributed by atoms with E-state index >= 15 is 0 Å². The van der Waals surface area contributed by atoms with Gasteiger partial charge in [0.2, 0.25) is 5.91 Å². The highest BCUT2D eigenvalue weighted by Gasteiger charge is 2.25. The number of hydrogen-bond acceptors (Lipinski definition) is 6. The number of nitrogens with zero attached hydrogens (tertiary/aromatic N) is 3. The molecule has 4 rings (SSSR count). The molecule has 0 radical (unpaired) electrons. The maximum atomic E-state index is 14.7.